The van der Waals surface area contributed by atoms with Crippen LogP contribution >= 0.6 is 15.6 Å². The Morgan fingerprint density at radius 3 is 0.624 bits per heavy atom. The van der Waals surface area contributed by atoms with Crippen LogP contribution < -0.4 is 0 Å². The van der Waals surface area contributed by atoms with Gasteiger partial charge < -0.3 is 33.8 Å². The highest BCUT2D eigenvalue weighted by molar-refractivity contribution is 7.47. The highest BCUT2D eigenvalue weighted by Crippen LogP contribution is 2.45. The van der Waals surface area contributed by atoms with Gasteiger partial charge in [-0.05, 0) is 37.5 Å². The average Bonchev–Trinajstić information content (AvgIpc) is 0.898. The lowest BCUT2D eigenvalue weighted by atomic mass is 10.0. The largest absolute Gasteiger partial charge is 0.472 e. The molecule has 5 atom stereocenters. The number of carbonyl (C=O) groups excluding carboxylic acids is 4. The first-order valence-electron chi connectivity index (χ1n) is 46.5. The summed E-state index contributed by atoms with van der Waals surface area (Å²) >= 11 is 0. The number of hydrogen-bond acceptors (Lipinski definition) is 15. The van der Waals surface area contributed by atoms with Crippen molar-refractivity contribution in [2.75, 3.05) is 39.6 Å². The molecule has 0 aliphatic carbocycles. The van der Waals surface area contributed by atoms with Crippen LogP contribution in [0.3, 0.4) is 0 Å². The molecule has 109 heavy (non-hydrogen) atoms. The number of unbranched alkanes of at least 4 members (excludes halogenated alkanes) is 59. The van der Waals surface area contributed by atoms with Crippen molar-refractivity contribution in [3.63, 3.8) is 0 Å². The lowest BCUT2D eigenvalue weighted by Gasteiger charge is -2.21. The second kappa shape index (κ2) is 81.2. The highest BCUT2D eigenvalue weighted by Gasteiger charge is 2.31. The SMILES string of the molecule is CCCCCCCCCCCCCCCCCCCCCCCC(=O)OC[C@H](COP(=O)(O)OC[C@@H](O)COP(=O)(O)OC[C@@H](COC(=O)CCCCCCCCCC(C)C)OC(=O)CCCCCCCCCCCCCCCCC(C)C)OC(=O)CCCCCCCCCCCCCCCCCCCCCCC. The molecule has 0 saturated heterocycles. The lowest BCUT2D eigenvalue weighted by molar-refractivity contribution is -0.161. The number of phosphoric acid groups is 2. The standard InChI is InChI=1S/C90H176O17P2/c1-7-9-11-13-15-17-19-21-23-25-27-29-31-33-35-40-44-48-54-60-66-72-87(92)100-78-85(106-89(94)74-68-62-55-49-45-41-36-34-32-30-28-26-24-22-20-18-16-14-12-10-8-2)80-104-108(96,97)102-76-84(91)77-103-109(98,99)105-81-86(79-101-88(93)73-67-61-57-51-53-59-65-71-83(5)6)107-90(95)75-69-63-56-50-46-42-38-37-39-43-47-52-58-64-70-82(3)4/h82-86,91H,7-81H2,1-6H3,(H,96,97)(H,98,99)/t84-,85-,86-/m1/s1. The first-order valence-corrected chi connectivity index (χ1v) is 49.5. The van der Waals surface area contributed by atoms with Crippen molar-refractivity contribution < 1.29 is 80.2 Å². The molecule has 648 valence electrons. The monoisotopic (exact) mass is 1590 g/mol. The summed E-state index contributed by atoms with van der Waals surface area (Å²) in [5, 5.41) is 10.7. The van der Waals surface area contributed by atoms with E-state index >= 15 is 0 Å². The van der Waals surface area contributed by atoms with Crippen LogP contribution in [-0.4, -0.2) is 96.7 Å². The van der Waals surface area contributed by atoms with Gasteiger partial charge in [-0.15, -0.1) is 0 Å². The number of aliphatic hydroxyl groups is 1. The fourth-order valence-electron chi connectivity index (χ4n) is 14.1. The summed E-state index contributed by atoms with van der Waals surface area (Å²) in [6, 6.07) is 0. The van der Waals surface area contributed by atoms with E-state index in [1.54, 1.807) is 0 Å². The first kappa shape index (κ1) is 107. The molecule has 0 aliphatic rings. The Morgan fingerprint density at radius 1 is 0.248 bits per heavy atom. The zero-order chi connectivity index (χ0) is 79.9. The zero-order valence-electron chi connectivity index (χ0n) is 71.9. The van der Waals surface area contributed by atoms with E-state index in [-0.39, 0.29) is 25.7 Å². The number of aliphatic hydroxyl groups excluding tert-OH is 1. The summed E-state index contributed by atoms with van der Waals surface area (Å²) in [6.45, 7) is 9.65. The maximum atomic E-state index is 13.2. The van der Waals surface area contributed by atoms with Crippen molar-refractivity contribution in [1.82, 2.24) is 0 Å². The fourth-order valence-corrected chi connectivity index (χ4v) is 15.7. The molecular weight excluding hydrogens is 1410 g/mol. The van der Waals surface area contributed by atoms with Gasteiger partial charge in [0.05, 0.1) is 26.4 Å². The summed E-state index contributed by atoms with van der Waals surface area (Å²) in [5.74, 6) is -0.600. The van der Waals surface area contributed by atoms with Crippen molar-refractivity contribution in [3.8, 4) is 0 Å². The number of hydrogen-bond donors (Lipinski definition) is 3. The molecule has 0 radical (unpaired) electrons. The molecule has 2 unspecified atom stereocenters. The molecule has 0 saturated carbocycles. The van der Waals surface area contributed by atoms with Crippen molar-refractivity contribution >= 4 is 39.5 Å². The van der Waals surface area contributed by atoms with E-state index in [4.69, 9.17) is 37.0 Å². The van der Waals surface area contributed by atoms with Crippen LogP contribution in [0.4, 0.5) is 0 Å². The van der Waals surface area contributed by atoms with E-state index < -0.39 is 97.5 Å². The number of phosphoric ester groups is 2. The molecule has 0 aromatic rings. The third-order valence-electron chi connectivity index (χ3n) is 21.2. The summed E-state index contributed by atoms with van der Waals surface area (Å²) < 4.78 is 69.0. The van der Waals surface area contributed by atoms with E-state index in [2.05, 4.69) is 41.5 Å². The number of ether oxygens (including phenoxy) is 4. The second-order valence-electron chi connectivity index (χ2n) is 33.3. The Labute approximate surface area is 670 Å². The van der Waals surface area contributed by atoms with Gasteiger partial charge >= 0.3 is 39.5 Å². The van der Waals surface area contributed by atoms with Crippen molar-refractivity contribution in [2.45, 2.75) is 503 Å². The quantitative estimate of drug-likeness (QED) is 0.0222. The van der Waals surface area contributed by atoms with Gasteiger partial charge in [0.2, 0.25) is 0 Å². The highest BCUT2D eigenvalue weighted by atomic mass is 31.2. The van der Waals surface area contributed by atoms with Gasteiger partial charge in [-0.2, -0.15) is 0 Å². The zero-order valence-corrected chi connectivity index (χ0v) is 73.7. The smallest absolute Gasteiger partial charge is 0.462 e. The minimum Gasteiger partial charge on any atom is -0.462 e. The van der Waals surface area contributed by atoms with Crippen molar-refractivity contribution in [1.29, 1.82) is 0 Å². The average molecular weight is 1590 g/mol. The van der Waals surface area contributed by atoms with Gasteiger partial charge in [0, 0.05) is 25.7 Å². The summed E-state index contributed by atoms with van der Waals surface area (Å²) in [6.07, 6.45) is 75.3. The topological polar surface area (TPSA) is 237 Å². The maximum absolute atomic E-state index is 13.2. The summed E-state index contributed by atoms with van der Waals surface area (Å²) in [5.41, 5.74) is 0. The Hall–Kier alpha value is -1.94. The first-order chi connectivity index (χ1) is 52.9. The molecular formula is C90H176O17P2. The number of rotatable bonds is 89. The predicted molar refractivity (Wildman–Crippen MR) is 451 cm³/mol. The fraction of sp³-hybridized carbons (Fsp3) is 0.956. The third-order valence-corrected chi connectivity index (χ3v) is 23.1. The van der Waals surface area contributed by atoms with Crippen LogP contribution in [0.25, 0.3) is 0 Å². The van der Waals surface area contributed by atoms with Crippen LogP contribution in [0.1, 0.15) is 485 Å². The minimum atomic E-state index is -4.97. The molecule has 0 aromatic heterocycles. The third kappa shape index (κ3) is 83.8. The van der Waals surface area contributed by atoms with Gasteiger partial charge in [0.25, 0.3) is 0 Å². The normalized spacial score (nSPS) is 13.8. The molecule has 19 heteroatoms. The van der Waals surface area contributed by atoms with Gasteiger partial charge in [-0.1, -0.05) is 433 Å². The van der Waals surface area contributed by atoms with E-state index in [9.17, 15) is 43.2 Å². The molecule has 0 fully saturated rings. The minimum absolute atomic E-state index is 0.107. The van der Waals surface area contributed by atoms with Crippen molar-refractivity contribution in [2.24, 2.45) is 11.8 Å². The Kier molecular flexibility index (Phi) is 79.8. The van der Waals surface area contributed by atoms with E-state index in [0.717, 1.165) is 102 Å². The molecule has 3 N–H and O–H groups in total. The Morgan fingerprint density at radius 2 is 0.422 bits per heavy atom. The molecule has 17 nitrogen and oxygen atoms in total. The van der Waals surface area contributed by atoms with Crippen LogP contribution in [0, 0.1) is 11.8 Å². The van der Waals surface area contributed by atoms with E-state index in [1.165, 1.54) is 295 Å². The second-order valence-corrected chi connectivity index (χ2v) is 36.2. The molecule has 0 rings (SSSR count). The maximum Gasteiger partial charge on any atom is 0.472 e. The lowest BCUT2D eigenvalue weighted by Crippen LogP contribution is -2.30. The van der Waals surface area contributed by atoms with Crippen molar-refractivity contribution in [3.05, 3.63) is 0 Å². The summed E-state index contributed by atoms with van der Waals surface area (Å²) in [4.78, 5) is 73.3. The van der Waals surface area contributed by atoms with E-state index in [0.29, 0.717) is 31.6 Å². The molecule has 0 bridgehead atoms. The molecule has 0 heterocycles. The molecule has 0 spiro atoms. The van der Waals surface area contributed by atoms with Gasteiger partial charge in [0.15, 0.2) is 12.2 Å². The molecule has 0 aliphatic heterocycles. The van der Waals surface area contributed by atoms with Crippen LogP contribution in [0.5, 0.6) is 0 Å². The van der Waals surface area contributed by atoms with Crippen LogP contribution in [-0.2, 0) is 65.4 Å². The molecule has 0 aromatic carbocycles. The number of esters is 4. The Bertz CT molecular complexity index is 2080. The predicted octanol–water partition coefficient (Wildman–Crippen LogP) is 27.8. The molecule has 0 amide bonds. The van der Waals surface area contributed by atoms with Crippen LogP contribution in [0.2, 0.25) is 0 Å². The Balaban J connectivity index is 5.21. The number of carbonyl (C=O) groups is 4. The van der Waals surface area contributed by atoms with E-state index in [1.807, 2.05) is 0 Å². The van der Waals surface area contributed by atoms with Crippen LogP contribution in [0.15, 0.2) is 0 Å². The van der Waals surface area contributed by atoms with Gasteiger partial charge in [-0.25, -0.2) is 9.13 Å². The van der Waals surface area contributed by atoms with Gasteiger partial charge in [-0.3, -0.25) is 37.3 Å². The summed E-state index contributed by atoms with van der Waals surface area (Å²) in [7, 11) is -9.93. The van der Waals surface area contributed by atoms with Gasteiger partial charge in [0.1, 0.15) is 19.3 Å².